The zero-order valence-corrected chi connectivity index (χ0v) is 13.3. The molecule has 0 aliphatic heterocycles. The van der Waals surface area contributed by atoms with Crippen LogP contribution in [0.1, 0.15) is 78.1 Å². The van der Waals surface area contributed by atoms with Gasteiger partial charge in [-0.1, -0.05) is 39.0 Å². The van der Waals surface area contributed by atoms with Crippen LogP contribution in [0.25, 0.3) is 0 Å². The van der Waals surface area contributed by atoms with Crippen LogP contribution in [-0.4, -0.2) is 19.1 Å². The first-order chi connectivity index (χ1) is 9.79. The Balaban J connectivity index is 2.29. The summed E-state index contributed by atoms with van der Waals surface area (Å²) in [7, 11) is 0. The summed E-state index contributed by atoms with van der Waals surface area (Å²) in [6.07, 6.45) is 12.0. The van der Waals surface area contributed by atoms with Crippen molar-refractivity contribution in [3.63, 3.8) is 0 Å². The zero-order valence-electron chi connectivity index (χ0n) is 13.3. The summed E-state index contributed by atoms with van der Waals surface area (Å²) in [5.41, 5.74) is 2.03. The van der Waals surface area contributed by atoms with Crippen molar-refractivity contribution in [3.8, 4) is 0 Å². The standard InChI is InChI=1S/C17H31NO2/c1-3-5-6-7-8-11-14-18-16-13-10-9-12-15(16)17(19)20-4-2/h18H,3-14H2,1-2H3. The maximum Gasteiger partial charge on any atom is 0.335 e. The molecule has 3 heteroatoms. The van der Waals surface area contributed by atoms with Crippen LogP contribution in [0, 0.1) is 0 Å². The molecule has 3 nitrogen and oxygen atoms in total. The topological polar surface area (TPSA) is 38.3 Å². The predicted molar refractivity (Wildman–Crippen MR) is 83.5 cm³/mol. The summed E-state index contributed by atoms with van der Waals surface area (Å²) in [5.74, 6) is -0.113. The highest BCUT2D eigenvalue weighted by atomic mass is 16.5. The van der Waals surface area contributed by atoms with Gasteiger partial charge in [0.1, 0.15) is 0 Å². The summed E-state index contributed by atoms with van der Waals surface area (Å²) in [6, 6.07) is 0. The van der Waals surface area contributed by atoms with Gasteiger partial charge in [-0.3, -0.25) is 0 Å². The van der Waals surface area contributed by atoms with Gasteiger partial charge in [-0.2, -0.15) is 0 Å². The second-order valence-electron chi connectivity index (χ2n) is 5.58. The lowest BCUT2D eigenvalue weighted by molar-refractivity contribution is -0.138. The smallest absolute Gasteiger partial charge is 0.335 e. The third kappa shape index (κ3) is 6.44. The number of rotatable bonds is 10. The molecule has 0 amide bonds. The van der Waals surface area contributed by atoms with Crippen LogP contribution >= 0.6 is 0 Å². The quantitative estimate of drug-likeness (QED) is 0.478. The zero-order chi connectivity index (χ0) is 14.6. The molecule has 0 radical (unpaired) electrons. The first kappa shape index (κ1) is 17.1. The fourth-order valence-electron chi connectivity index (χ4n) is 2.69. The second-order valence-corrected chi connectivity index (χ2v) is 5.58. The molecule has 1 N–H and O–H groups in total. The molecule has 0 saturated carbocycles. The number of carbonyl (C=O) groups excluding carboxylic acids is 1. The SMILES string of the molecule is CCCCCCCCNC1=C(C(=O)OCC)CCCC1. The van der Waals surface area contributed by atoms with E-state index in [0.717, 1.165) is 37.1 Å². The Bertz CT molecular complexity index is 310. The van der Waals surface area contributed by atoms with Gasteiger partial charge in [0.25, 0.3) is 0 Å². The Labute approximate surface area is 124 Å². The van der Waals surface area contributed by atoms with E-state index in [1.165, 1.54) is 44.9 Å². The van der Waals surface area contributed by atoms with Gasteiger partial charge >= 0.3 is 5.97 Å². The molecule has 0 unspecified atom stereocenters. The van der Waals surface area contributed by atoms with Crippen LogP contribution in [0.3, 0.4) is 0 Å². The molecule has 0 atom stereocenters. The lowest BCUT2D eigenvalue weighted by Gasteiger charge is -2.20. The average molecular weight is 281 g/mol. The molecule has 1 aliphatic carbocycles. The van der Waals surface area contributed by atoms with Crippen molar-refractivity contribution in [2.45, 2.75) is 78.1 Å². The molecular formula is C17H31NO2. The van der Waals surface area contributed by atoms with Crippen LogP contribution in [0.15, 0.2) is 11.3 Å². The van der Waals surface area contributed by atoms with Crippen molar-refractivity contribution in [1.29, 1.82) is 0 Å². The van der Waals surface area contributed by atoms with Crippen molar-refractivity contribution in [2.75, 3.05) is 13.2 Å². The number of esters is 1. The fraction of sp³-hybridized carbons (Fsp3) is 0.824. The van der Waals surface area contributed by atoms with Crippen molar-refractivity contribution < 1.29 is 9.53 Å². The number of nitrogens with one attached hydrogen (secondary N) is 1. The molecule has 0 saturated heterocycles. The molecule has 0 fully saturated rings. The van der Waals surface area contributed by atoms with Gasteiger partial charge in [-0.15, -0.1) is 0 Å². The molecule has 0 spiro atoms. The van der Waals surface area contributed by atoms with E-state index in [-0.39, 0.29) is 5.97 Å². The summed E-state index contributed by atoms with van der Waals surface area (Å²) in [5, 5.41) is 3.48. The molecule has 116 valence electrons. The van der Waals surface area contributed by atoms with Gasteiger partial charge in [-0.05, 0) is 39.0 Å². The van der Waals surface area contributed by atoms with Crippen molar-refractivity contribution >= 4 is 5.97 Å². The molecule has 0 aromatic rings. The molecular weight excluding hydrogens is 250 g/mol. The minimum atomic E-state index is -0.113. The minimum absolute atomic E-state index is 0.113. The lowest BCUT2D eigenvalue weighted by Crippen LogP contribution is -2.23. The first-order valence-corrected chi connectivity index (χ1v) is 8.42. The summed E-state index contributed by atoms with van der Waals surface area (Å²) in [6.45, 7) is 5.57. The molecule has 20 heavy (non-hydrogen) atoms. The minimum Gasteiger partial charge on any atom is -0.463 e. The van der Waals surface area contributed by atoms with Crippen LogP contribution in [0.2, 0.25) is 0 Å². The monoisotopic (exact) mass is 281 g/mol. The van der Waals surface area contributed by atoms with Gasteiger partial charge in [-0.25, -0.2) is 4.79 Å². The van der Waals surface area contributed by atoms with E-state index in [1.807, 2.05) is 6.92 Å². The number of unbranched alkanes of at least 4 members (excludes halogenated alkanes) is 5. The average Bonchev–Trinajstić information content (AvgIpc) is 2.47. The number of hydrogen-bond donors (Lipinski definition) is 1. The highest BCUT2D eigenvalue weighted by Gasteiger charge is 2.19. The summed E-state index contributed by atoms with van der Waals surface area (Å²) >= 11 is 0. The first-order valence-electron chi connectivity index (χ1n) is 8.42. The summed E-state index contributed by atoms with van der Waals surface area (Å²) in [4.78, 5) is 11.9. The third-order valence-electron chi connectivity index (χ3n) is 3.86. The maximum atomic E-state index is 11.9. The predicted octanol–water partition coefficient (Wildman–Crippen LogP) is 4.33. The molecule has 0 aromatic heterocycles. The van der Waals surface area contributed by atoms with Gasteiger partial charge in [0.2, 0.25) is 0 Å². The number of allylic oxidation sites excluding steroid dienone is 1. The van der Waals surface area contributed by atoms with Crippen molar-refractivity contribution in [3.05, 3.63) is 11.3 Å². The number of hydrogen-bond acceptors (Lipinski definition) is 3. The highest BCUT2D eigenvalue weighted by Crippen LogP contribution is 2.24. The highest BCUT2D eigenvalue weighted by molar-refractivity contribution is 5.89. The Morgan fingerprint density at radius 1 is 1.05 bits per heavy atom. The van der Waals surface area contributed by atoms with E-state index in [2.05, 4.69) is 12.2 Å². The van der Waals surface area contributed by atoms with Gasteiger partial charge in [0.15, 0.2) is 0 Å². The van der Waals surface area contributed by atoms with Crippen LogP contribution in [0.4, 0.5) is 0 Å². The van der Waals surface area contributed by atoms with E-state index in [0.29, 0.717) is 6.61 Å². The molecule has 0 aromatic carbocycles. The number of carbonyl (C=O) groups is 1. The Morgan fingerprint density at radius 2 is 1.75 bits per heavy atom. The summed E-state index contributed by atoms with van der Waals surface area (Å²) < 4.78 is 5.15. The molecule has 1 rings (SSSR count). The van der Waals surface area contributed by atoms with Gasteiger partial charge < -0.3 is 10.1 Å². The molecule has 0 bridgehead atoms. The Kier molecular flexibility index (Phi) is 9.18. The van der Waals surface area contributed by atoms with Gasteiger partial charge in [0, 0.05) is 12.2 Å². The van der Waals surface area contributed by atoms with E-state index in [9.17, 15) is 4.79 Å². The second kappa shape index (κ2) is 10.8. The van der Waals surface area contributed by atoms with E-state index in [1.54, 1.807) is 0 Å². The van der Waals surface area contributed by atoms with Crippen LogP contribution in [0.5, 0.6) is 0 Å². The maximum absolute atomic E-state index is 11.9. The number of ether oxygens (including phenoxy) is 1. The molecule has 0 heterocycles. The fourth-order valence-corrected chi connectivity index (χ4v) is 2.69. The van der Waals surface area contributed by atoms with Crippen LogP contribution < -0.4 is 5.32 Å². The van der Waals surface area contributed by atoms with Crippen LogP contribution in [-0.2, 0) is 9.53 Å². The Morgan fingerprint density at radius 3 is 2.50 bits per heavy atom. The molecule has 1 aliphatic rings. The Hall–Kier alpha value is -0.990. The normalized spacial score (nSPS) is 15.3. The largest absolute Gasteiger partial charge is 0.463 e. The van der Waals surface area contributed by atoms with E-state index >= 15 is 0 Å². The van der Waals surface area contributed by atoms with E-state index in [4.69, 9.17) is 4.74 Å². The lowest BCUT2D eigenvalue weighted by atomic mass is 9.96. The van der Waals surface area contributed by atoms with Gasteiger partial charge in [0.05, 0.1) is 12.2 Å². The van der Waals surface area contributed by atoms with Crippen molar-refractivity contribution in [2.24, 2.45) is 0 Å². The van der Waals surface area contributed by atoms with E-state index < -0.39 is 0 Å². The van der Waals surface area contributed by atoms with Crippen molar-refractivity contribution in [1.82, 2.24) is 5.32 Å². The third-order valence-corrected chi connectivity index (χ3v) is 3.86.